The summed E-state index contributed by atoms with van der Waals surface area (Å²) in [6.07, 6.45) is 3.58. The van der Waals surface area contributed by atoms with E-state index in [4.69, 9.17) is 4.74 Å². The van der Waals surface area contributed by atoms with Gasteiger partial charge in [0.05, 0.1) is 29.5 Å². The van der Waals surface area contributed by atoms with Crippen LogP contribution >= 0.6 is 11.8 Å². The van der Waals surface area contributed by atoms with Crippen molar-refractivity contribution in [3.05, 3.63) is 63.9 Å². The predicted molar refractivity (Wildman–Crippen MR) is 156 cm³/mol. The molecule has 0 saturated carbocycles. The average molecular weight is 560 g/mol. The van der Waals surface area contributed by atoms with Crippen LogP contribution in [0.25, 0.3) is 10.9 Å². The molecule has 3 aromatic rings. The van der Waals surface area contributed by atoms with Gasteiger partial charge < -0.3 is 19.9 Å². The van der Waals surface area contributed by atoms with Gasteiger partial charge in [-0.05, 0) is 80.7 Å². The number of amides is 2. The van der Waals surface area contributed by atoms with Crippen molar-refractivity contribution >= 4 is 46.0 Å². The first-order valence-electron chi connectivity index (χ1n) is 14.2. The summed E-state index contributed by atoms with van der Waals surface area (Å²) in [6.45, 7) is 5.11. The number of anilines is 2. The predicted octanol–water partition coefficient (Wildman–Crippen LogP) is 4.09. The van der Waals surface area contributed by atoms with Crippen LogP contribution in [0.1, 0.15) is 42.9 Å². The number of rotatable bonds is 8. The molecule has 0 radical (unpaired) electrons. The fourth-order valence-electron chi connectivity index (χ4n) is 6.47. The topological polar surface area (TPSA) is 95.9 Å². The number of cyclic esters (lactones) is 1. The van der Waals surface area contributed by atoms with Crippen LogP contribution in [0.3, 0.4) is 0 Å². The fraction of sp³-hybridized carbons (Fsp3) is 0.433. The molecule has 2 saturated heterocycles. The number of carbonyl (C=O) groups excluding carboxylic acids is 2. The number of hydrogen-bond donors (Lipinski definition) is 2. The normalized spacial score (nSPS) is 22.1. The van der Waals surface area contributed by atoms with Gasteiger partial charge in [-0.25, -0.2) is 4.79 Å². The van der Waals surface area contributed by atoms with E-state index < -0.39 is 0 Å². The van der Waals surface area contributed by atoms with E-state index in [0.717, 1.165) is 60.8 Å². The number of carbonyl (C=O) groups is 2. The monoisotopic (exact) mass is 559 g/mol. The lowest BCUT2D eigenvalue weighted by molar-refractivity contribution is -0.113. The van der Waals surface area contributed by atoms with Crippen LogP contribution in [-0.4, -0.2) is 59.5 Å². The smallest absolute Gasteiger partial charge is 0.414 e. The summed E-state index contributed by atoms with van der Waals surface area (Å²) in [5.74, 6) is 0.380. The van der Waals surface area contributed by atoms with Gasteiger partial charge >= 0.3 is 6.09 Å². The molecule has 208 valence electrons. The molecule has 0 aliphatic carbocycles. The molecule has 4 aliphatic rings. The van der Waals surface area contributed by atoms with Crippen molar-refractivity contribution in [2.24, 2.45) is 0 Å². The number of fused-ring (bicyclic) bond motifs is 1. The number of nitrogens with one attached hydrogen (secondary N) is 2. The Hall–Kier alpha value is -3.34. The summed E-state index contributed by atoms with van der Waals surface area (Å²) in [4.78, 5) is 42.3. The highest BCUT2D eigenvalue weighted by atomic mass is 32.2. The largest absolute Gasteiger partial charge is 0.444 e. The van der Waals surface area contributed by atoms with E-state index in [1.54, 1.807) is 11.0 Å². The number of nitrogens with zero attached hydrogens (tertiary/aromatic N) is 3. The average Bonchev–Trinajstić information content (AvgIpc) is 3.69. The van der Waals surface area contributed by atoms with Crippen molar-refractivity contribution in [1.82, 2.24) is 14.8 Å². The number of likely N-dealkylation sites (tertiary alicyclic amines) is 1. The second-order valence-corrected chi connectivity index (χ2v) is 12.1. The van der Waals surface area contributed by atoms with Gasteiger partial charge in [0, 0.05) is 35.1 Å². The quantitative estimate of drug-likeness (QED) is 0.402. The summed E-state index contributed by atoms with van der Waals surface area (Å²) in [6, 6.07) is 13.9. The second-order valence-electron chi connectivity index (χ2n) is 11.1. The van der Waals surface area contributed by atoms with Crippen LogP contribution in [-0.2, 0) is 22.6 Å². The number of aromatic nitrogens is 1. The number of thioether (sulfide) groups is 1. The first-order chi connectivity index (χ1) is 19.5. The van der Waals surface area contributed by atoms with Crippen LogP contribution in [0.5, 0.6) is 0 Å². The maximum absolute atomic E-state index is 12.7. The Morgan fingerprint density at radius 1 is 1.02 bits per heavy atom. The molecule has 0 bridgehead atoms. The third-order valence-electron chi connectivity index (χ3n) is 8.48. The van der Waals surface area contributed by atoms with Crippen molar-refractivity contribution in [3.63, 3.8) is 0 Å². The standard InChI is InChI=1S/C30H33N5O4S/c36-27-18-40-26-9-6-20(14-24(26)32-27)34-16-21(39-30(34)38)4-3-11-31-25-17-35-28(37)10-8-22-19(5-7-23(25)29(22)35)15-33-12-1-2-13-33/h5-10,14,21,25,31H,1-4,11-13,15-18H2,(H,32,36)/t21-,25-/m0/s1. The molecular formula is C30H33N5O4S. The molecule has 0 spiro atoms. The minimum Gasteiger partial charge on any atom is -0.444 e. The van der Waals surface area contributed by atoms with E-state index in [1.165, 1.54) is 41.1 Å². The molecule has 2 N–H and O–H groups in total. The first kappa shape index (κ1) is 25.6. The first-order valence-corrected chi connectivity index (χ1v) is 15.2. The third-order valence-corrected chi connectivity index (χ3v) is 9.55. The molecule has 9 nitrogen and oxygen atoms in total. The molecule has 1 aromatic heterocycles. The molecule has 2 amide bonds. The third kappa shape index (κ3) is 4.78. The van der Waals surface area contributed by atoms with Gasteiger partial charge in [-0.2, -0.15) is 0 Å². The Balaban J connectivity index is 0.966. The second kappa shape index (κ2) is 10.6. The van der Waals surface area contributed by atoms with Gasteiger partial charge in [-0.1, -0.05) is 12.1 Å². The van der Waals surface area contributed by atoms with Crippen LogP contribution in [0.2, 0.25) is 0 Å². The minimum atomic E-state index is -0.352. The van der Waals surface area contributed by atoms with Gasteiger partial charge in [0.25, 0.3) is 5.56 Å². The molecule has 0 unspecified atom stereocenters. The van der Waals surface area contributed by atoms with Crippen LogP contribution in [0.4, 0.5) is 16.2 Å². The number of ether oxygens (including phenoxy) is 1. The van der Waals surface area contributed by atoms with Crippen LogP contribution in [0, 0.1) is 0 Å². The summed E-state index contributed by atoms with van der Waals surface area (Å²) in [7, 11) is 0. The Morgan fingerprint density at radius 3 is 2.77 bits per heavy atom. The zero-order chi connectivity index (χ0) is 27.2. The highest BCUT2D eigenvalue weighted by Gasteiger charge is 2.33. The van der Waals surface area contributed by atoms with Gasteiger partial charge in [-0.15, -0.1) is 11.8 Å². The van der Waals surface area contributed by atoms with Crippen LogP contribution in [0.15, 0.2) is 52.2 Å². The lowest BCUT2D eigenvalue weighted by Gasteiger charge is -2.20. The lowest BCUT2D eigenvalue weighted by Crippen LogP contribution is -2.27. The number of hydrogen-bond acceptors (Lipinski definition) is 7. The highest BCUT2D eigenvalue weighted by Crippen LogP contribution is 2.36. The Bertz CT molecular complexity index is 1550. The van der Waals surface area contributed by atoms with E-state index in [1.807, 2.05) is 28.8 Å². The zero-order valence-corrected chi connectivity index (χ0v) is 23.2. The molecule has 2 atom stereocenters. The van der Waals surface area contributed by atoms with Crippen LogP contribution < -0.4 is 21.1 Å². The van der Waals surface area contributed by atoms with Crippen molar-refractivity contribution < 1.29 is 14.3 Å². The molecule has 2 aromatic carbocycles. The lowest BCUT2D eigenvalue weighted by atomic mass is 10.0. The Labute approximate surface area is 236 Å². The summed E-state index contributed by atoms with van der Waals surface area (Å²) < 4.78 is 7.59. The van der Waals surface area contributed by atoms with E-state index in [-0.39, 0.29) is 29.7 Å². The van der Waals surface area contributed by atoms with E-state index in [2.05, 4.69) is 27.7 Å². The molecular weight excluding hydrogens is 526 g/mol. The van der Waals surface area contributed by atoms with E-state index in [0.29, 0.717) is 18.8 Å². The minimum absolute atomic E-state index is 0.0296. The number of benzene rings is 2. The van der Waals surface area contributed by atoms with Crippen molar-refractivity contribution in [2.45, 2.75) is 55.8 Å². The van der Waals surface area contributed by atoms with Crippen molar-refractivity contribution in [1.29, 1.82) is 0 Å². The molecule has 2 fully saturated rings. The van der Waals surface area contributed by atoms with E-state index in [9.17, 15) is 14.4 Å². The van der Waals surface area contributed by atoms with Gasteiger partial charge in [0.2, 0.25) is 5.91 Å². The zero-order valence-electron chi connectivity index (χ0n) is 22.4. The fourth-order valence-corrected chi connectivity index (χ4v) is 7.26. The molecule has 7 rings (SSSR count). The number of pyridine rings is 1. The maximum Gasteiger partial charge on any atom is 0.414 e. The molecule has 4 aliphatic heterocycles. The Morgan fingerprint density at radius 2 is 1.90 bits per heavy atom. The SMILES string of the molecule is O=C1CSc2ccc(N3C[C@H](CCCN[C@H]4Cn5c(=O)ccc6c(CN7CCCC7)ccc4c65)OC3=O)cc2N1. The van der Waals surface area contributed by atoms with Crippen molar-refractivity contribution in [3.8, 4) is 0 Å². The maximum atomic E-state index is 12.7. The molecule has 10 heteroatoms. The highest BCUT2D eigenvalue weighted by molar-refractivity contribution is 8.00. The summed E-state index contributed by atoms with van der Waals surface area (Å²) in [5, 5.41) is 7.73. The Kier molecular flexibility index (Phi) is 6.77. The van der Waals surface area contributed by atoms with Gasteiger partial charge in [-0.3, -0.25) is 19.4 Å². The summed E-state index contributed by atoms with van der Waals surface area (Å²) >= 11 is 1.50. The van der Waals surface area contributed by atoms with Crippen molar-refractivity contribution in [2.75, 3.05) is 42.1 Å². The molecule has 40 heavy (non-hydrogen) atoms. The summed E-state index contributed by atoms with van der Waals surface area (Å²) in [5.41, 5.74) is 5.08. The van der Waals surface area contributed by atoms with Gasteiger partial charge in [0.15, 0.2) is 0 Å². The van der Waals surface area contributed by atoms with Gasteiger partial charge in [0.1, 0.15) is 6.10 Å². The van der Waals surface area contributed by atoms with E-state index >= 15 is 0 Å². The molecule has 5 heterocycles.